The van der Waals surface area contributed by atoms with Crippen LogP contribution in [0.1, 0.15) is 27.2 Å². The van der Waals surface area contributed by atoms with E-state index in [1.807, 2.05) is 20.8 Å². The fourth-order valence-corrected chi connectivity index (χ4v) is 0.793. The van der Waals surface area contributed by atoms with Crippen molar-refractivity contribution in [1.82, 2.24) is 5.32 Å². The van der Waals surface area contributed by atoms with Crippen LogP contribution in [0.3, 0.4) is 0 Å². The van der Waals surface area contributed by atoms with Crippen molar-refractivity contribution in [1.29, 1.82) is 0 Å². The van der Waals surface area contributed by atoms with E-state index in [-0.39, 0.29) is 17.7 Å². The topological polar surface area (TPSA) is 98.2 Å². The van der Waals surface area contributed by atoms with Gasteiger partial charge in [0.1, 0.15) is 0 Å². The molecule has 82 valence electrons. The van der Waals surface area contributed by atoms with E-state index in [0.29, 0.717) is 6.54 Å². The molecule has 1 unspecified atom stereocenters. The average molecular weight is 201 g/mol. The Hall–Kier alpha value is -1.10. The van der Waals surface area contributed by atoms with Crippen molar-refractivity contribution in [2.24, 2.45) is 16.9 Å². The number of rotatable bonds is 4. The van der Waals surface area contributed by atoms with Gasteiger partial charge in [-0.15, -0.1) is 0 Å². The first-order chi connectivity index (χ1) is 6.22. The third kappa shape index (κ3) is 6.42. The molecule has 5 N–H and O–H groups in total. The van der Waals surface area contributed by atoms with Gasteiger partial charge in [-0.3, -0.25) is 9.59 Å². The van der Waals surface area contributed by atoms with Crippen molar-refractivity contribution in [3.63, 3.8) is 0 Å². The van der Waals surface area contributed by atoms with E-state index in [2.05, 4.69) is 5.32 Å². The van der Waals surface area contributed by atoms with E-state index >= 15 is 0 Å². The molecule has 0 spiro atoms. The molecule has 0 fully saturated rings. The fourth-order valence-electron chi connectivity index (χ4n) is 0.793. The van der Waals surface area contributed by atoms with E-state index in [1.165, 1.54) is 0 Å². The molecule has 0 heterocycles. The molecular weight excluding hydrogens is 182 g/mol. The summed E-state index contributed by atoms with van der Waals surface area (Å²) in [6.45, 7) is 6.50. The van der Waals surface area contributed by atoms with Gasteiger partial charge in [0.15, 0.2) is 0 Å². The molecule has 0 aromatic heterocycles. The van der Waals surface area contributed by atoms with Gasteiger partial charge in [0.25, 0.3) is 0 Å². The predicted octanol–water partition coefficient (Wildman–Crippen LogP) is -0.649. The number of primary amides is 1. The number of hydrogen-bond donors (Lipinski definition) is 3. The Morgan fingerprint density at radius 3 is 2.21 bits per heavy atom. The molecule has 0 radical (unpaired) electrons. The Morgan fingerprint density at radius 1 is 1.36 bits per heavy atom. The number of carbonyl (C=O) groups excluding carboxylic acids is 2. The lowest BCUT2D eigenvalue weighted by molar-refractivity contribution is -0.126. The number of nitrogens with one attached hydrogen (secondary N) is 1. The van der Waals surface area contributed by atoms with E-state index in [1.54, 1.807) is 0 Å². The second-order valence-corrected chi connectivity index (χ2v) is 4.56. The fraction of sp³-hybridized carbons (Fsp3) is 0.778. The third-order valence-corrected chi connectivity index (χ3v) is 1.55. The standard InChI is InChI=1S/C9H19N3O2/c1-9(2,3)5-12-8(14)6(10)4-7(11)13/h6H,4-5,10H2,1-3H3,(H2,11,13)(H,12,14). The Balaban J connectivity index is 3.91. The first-order valence-corrected chi connectivity index (χ1v) is 4.54. The minimum absolute atomic E-state index is 0.00209. The monoisotopic (exact) mass is 201 g/mol. The first kappa shape index (κ1) is 12.9. The molecule has 0 rings (SSSR count). The van der Waals surface area contributed by atoms with Crippen LogP contribution in [0.5, 0.6) is 0 Å². The molecular formula is C9H19N3O2. The van der Waals surface area contributed by atoms with Crippen molar-refractivity contribution in [3.05, 3.63) is 0 Å². The lowest BCUT2D eigenvalue weighted by Gasteiger charge is -2.20. The van der Waals surface area contributed by atoms with Gasteiger partial charge in [-0.05, 0) is 5.41 Å². The highest BCUT2D eigenvalue weighted by molar-refractivity contribution is 5.87. The molecule has 0 saturated heterocycles. The van der Waals surface area contributed by atoms with Crippen LogP contribution >= 0.6 is 0 Å². The van der Waals surface area contributed by atoms with E-state index in [0.717, 1.165) is 0 Å². The summed E-state index contributed by atoms with van der Waals surface area (Å²) in [7, 11) is 0. The molecule has 1 atom stereocenters. The molecule has 5 heteroatoms. The quantitative estimate of drug-likeness (QED) is 0.563. The van der Waals surface area contributed by atoms with E-state index in [4.69, 9.17) is 11.5 Å². The molecule has 0 aromatic rings. The summed E-state index contributed by atoms with van der Waals surface area (Å²) in [4.78, 5) is 21.8. The van der Waals surface area contributed by atoms with Gasteiger partial charge in [-0.1, -0.05) is 20.8 Å². The van der Waals surface area contributed by atoms with Gasteiger partial charge in [0, 0.05) is 6.54 Å². The molecule has 0 aliphatic rings. The van der Waals surface area contributed by atoms with Gasteiger partial charge in [-0.25, -0.2) is 0 Å². The minimum Gasteiger partial charge on any atom is -0.370 e. The van der Waals surface area contributed by atoms with Gasteiger partial charge >= 0.3 is 0 Å². The summed E-state index contributed by atoms with van der Waals surface area (Å²) < 4.78 is 0. The Kier molecular flexibility index (Phi) is 4.56. The first-order valence-electron chi connectivity index (χ1n) is 4.54. The molecule has 5 nitrogen and oxygen atoms in total. The van der Waals surface area contributed by atoms with Crippen LogP contribution in [-0.4, -0.2) is 24.4 Å². The van der Waals surface area contributed by atoms with Crippen LogP contribution in [0.4, 0.5) is 0 Å². The van der Waals surface area contributed by atoms with Crippen LogP contribution in [0, 0.1) is 5.41 Å². The third-order valence-electron chi connectivity index (χ3n) is 1.55. The molecule has 0 aliphatic heterocycles. The van der Waals surface area contributed by atoms with Gasteiger partial charge in [-0.2, -0.15) is 0 Å². The lowest BCUT2D eigenvalue weighted by atomic mass is 9.97. The van der Waals surface area contributed by atoms with Crippen LogP contribution in [0.25, 0.3) is 0 Å². The summed E-state index contributed by atoms with van der Waals surface area (Å²) in [6, 6.07) is -0.838. The Labute approximate surface area is 84.2 Å². The minimum atomic E-state index is -0.838. The zero-order valence-corrected chi connectivity index (χ0v) is 8.96. The van der Waals surface area contributed by atoms with Gasteiger partial charge in [0.2, 0.25) is 11.8 Å². The molecule has 14 heavy (non-hydrogen) atoms. The molecule has 0 aliphatic carbocycles. The number of amides is 2. The predicted molar refractivity (Wildman–Crippen MR) is 54.3 cm³/mol. The molecule has 0 bridgehead atoms. The van der Waals surface area contributed by atoms with Gasteiger partial charge < -0.3 is 16.8 Å². The van der Waals surface area contributed by atoms with Crippen molar-refractivity contribution in [3.8, 4) is 0 Å². The van der Waals surface area contributed by atoms with Crippen LogP contribution in [-0.2, 0) is 9.59 Å². The number of hydrogen-bond acceptors (Lipinski definition) is 3. The summed E-state index contributed by atoms with van der Waals surface area (Å²) in [5, 5.41) is 2.66. The maximum absolute atomic E-state index is 11.3. The van der Waals surface area contributed by atoms with Crippen LogP contribution in [0.2, 0.25) is 0 Å². The largest absolute Gasteiger partial charge is 0.370 e. The zero-order valence-electron chi connectivity index (χ0n) is 8.96. The normalized spacial score (nSPS) is 13.4. The second-order valence-electron chi connectivity index (χ2n) is 4.56. The summed E-state index contributed by atoms with van der Waals surface area (Å²) in [6.07, 6.45) is -0.115. The molecule has 2 amide bonds. The van der Waals surface area contributed by atoms with Crippen molar-refractivity contribution in [2.45, 2.75) is 33.2 Å². The van der Waals surface area contributed by atoms with E-state index in [9.17, 15) is 9.59 Å². The van der Waals surface area contributed by atoms with Crippen molar-refractivity contribution in [2.75, 3.05) is 6.54 Å². The van der Waals surface area contributed by atoms with Crippen LogP contribution in [0.15, 0.2) is 0 Å². The second kappa shape index (κ2) is 4.95. The van der Waals surface area contributed by atoms with Crippen molar-refractivity contribution < 1.29 is 9.59 Å². The SMILES string of the molecule is CC(C)(C)CNC(=O)C(N)CC(N)=O. The maximum Gasteiger partial charge on any atom is 0.237 e. The zero-order chi connectivity index (χ0) is 11.4. The van der Waals surface area contributed by atoms with Crippen molar-refractivity contribution >= 4 is 11.8 Å². The Morgan fingerprint density at radius 2 is 1.86 bits per heavy atom. The average Bonchev–Trinajstić information content (AvgIpc) is 1.97. The summed E-state index contributed by atoms with van der Waals surface area (Å²) >= 11 is 0. The molecule has 0 aromatic carbocycles. The highest BCUT2D eigenvalue weighted by Crippen LogP contribution is 2.10. The van der Waals surface area contributed by atoms with Gasteiger partial charge in [0.05, 0.1) is 12.5 Å². The smallest absolute Gasteiger partial charge is 0.237 e. The Bertz CT molecular complexity index is 221. The highest BCUT2D eigenvalue weighted by Gasteiger charge is 2.18. The summed E-state index contributed by atoms with van der Waals surface area (Å²) in [5.74, 6) is -0.901. The maximum atomic E-state index is 11.3. The molecule has 0 saturated carbocycles. The van der Waals surface area contributed by atoms with E-state index < -0.39 is 11.9 Å². The number of carbonyl (C=O) groups is 2. The number of nitrogens with two attached hydrogens (primary N) is 2. The summed E-state index contributed by atoms with van der Waals surface area (Å²) in [5.41, 5.74) is 10.4. The highest BCUT2D eigenvalue weighted by atomic mass is 16.2. The van der Waals surface area contributed by atoms with Crippen LogP contribution < -0.4 is 16.8 Å². The lowest BCUT2D eigenvalue weighted by Crippen LogP contribution is -2.45.